The fourth-order valence-electron chi connectivity index (χ4n) is 3.61. The summed E-state index contributed by atoms with van der Waals surface area (Å²) in [6, 6.07) is 6.91. The molecule has 0 saturated carbocycles. The third-order valence-corrected chi connectivity index (χ3v) is 6.59. The zero-order valence-corrected chi connectivity index (χ0v) is 12.8. The summed E-state index contributed by atoms with van der Waals surface area (Å²) in [5, 5.41) is 9.81. The van der Waals surface area contributed by atoms with Crippen LogP contribution in [0, 0.1) is 0 Å². The third-order valence-electron chi connectivity index (χ3n) is 4.57. The summed E-state index contributed by atoms with van der Waals surface area (Å²) < 4.78 is 27.3. The monoisotopic (exact) mass is 310 g/mol. The lowest BCUT2D eigenvalue weighted by molar-refractivity contribution is 0.0769. The number of hydrogen-bond donors (Lipinski definition) is 2. The van der Waals surface area contributed by atoms with Crippen molar-refractivity contribution in [3.63, 3.8) is 0 Å². The van der Waals surface area contributed by atoms with Crippen LogP contribution in [-0.2, 0) is 16.4 Å². The highest BCUT2D eigenvalue weighted by Gasteiger charge is 2.46. The molecule has 1 aromatic carbocycles. The summed E-state index contributed by atoms with van der Waals surface area (Å²) in [6.07, 6.45) is 3.21. The largest absolute Gasteiger partial charge is 0.393 e. The van der Waals surface area contributed by atoms with E-state index in [1.165, 1.54) is 0 Å². The molecule has 116 valence electrons. The summed E-state index contributed by atoms with van der Waals surface area (Å²) in [5.41, 5.74) is 6.56. The second kappa shape index (κ2) is 5.68. The Hall–Kier alpha value is -0.950. The summed E-state index contributed by atoms with van der Waals surface area (Å²) in [4.78, 5) is 0.344. The van der Waals surface area contributed by atoms with E-state index in [0.717, 1.165) is 24.8 Å². The molecule has 2 aliphatic rings. The highest BCUT2D eigenvalue weighted by atomic mass is 32.2. The predicted octanol–water partition coefficient (Wildman–Crippen LogP) is 0.864. The first-order valence-electron chi connectivity index (χ1n) is 7.53. The Morgan fingerprint density at radius 1 is 1.14 bits per heavy atom. The van der Waals surface area contributed by atoms with Gasteiger partial charge in [-0.1, -0.05) is 12.1 Å². The smallest absolute Gasteiger partial charge is 0.243 e. The van der Waals surface area contributed by atoms with Gasteiger partial charge in [0.05, 0.1) is 11.0 Å². The van der Waals surface area contributed by atoms with Crippen molar-refractivity contribution in [3.8, 4) is 0 Å². The van der Waals surface area contributed by atoms with Crippen LogP contribution >= 0.6 is 0 Å². The van der Waals surface area contributed by atoms with Crippen molar-refractivity contribution in [2.45, 2.75) is 55.2 Å². The molecule has 2 fully saturated rings. The number of sulfonamides is 1. The lowest BCUT2D eigenvalue weighted by Crippen LogP contribution is -2.47. The Morgan fingerprint density at radius 2 is 1.71 bits per heavy atom. The van der Waals surface area contributed by atoms with Gasteiger partial charge < -0.3 is 10.8 Å². The van der Waals surface area contributed by atoms with E-state index < -0.39 is 10.0 Å². The summed E-state index contributed by atoms with van der Waals surface area (Å²) in [6.45, 7) is 0.556. The van der Waals surface area contributed by atoms with Gasteiger partial charge in [0.15, 0.2) is 0 Å². The maximum Gasteiger partial charge on any atom is 0.243 e. The Kier molecular flexibility index (Phi) is 4.05. The summed E-state index contributed by atoms with van der Waals surface area (Å²) >= 11 is 0. The van der Waals surface area contributed by atoms with E-state index in [9.17, 15) is 13.5 Å². The molecule has 6 heteroatoms. The molecule has 3 rings (SSSR count). The quantitative estimate of drug-likeness (QED) is 0.864. The van der Waals surface area contributed by atoms with Crippen molar-refractivity contribution in [2.24, 2.45) is 5.73 Å². The van der Waals surface area contributed by atoms with Gasteiger partial charge in [-0.25, -0.2) is 8.42 Å². The molecule has 0 aromatic heterocycles. The van der Waals surface area contributed by atoms with Crippen LogP contribution in [0.5, 0.6) is 0 Å². The predicted molar refractivity (Wildman–Crippen MR) is 80.3 cm³/mol. The van der Waals surface area contributed by atoms with Gasteiger partial charge in [0.2, 0.25) is 10.0 Å². The molecule has 1 aromatic rings. The van der Waals surface area contributed by atoms with Gasteiger partial charge in [-0.15, -0.1) is 0 Å². The number of piperidine rings is 1. The lowest BCUT2D eigenvalue weighted by Gasteiger charge is -2.36. The molecule has 2 bridgehead atoms. The molecule has 2 heterocycles. The minimum Gasteiger partial charge on any atom is -0.393 e. The molecular weight excluding hydrogens is 288 g/mol. The number of benzene rings is 1. The van der Waals surface area contributed by atoms with Crippen LogP contribution in [0.1, 0.15) is 31.2 Å². The van der Waals surface area contributed by atoms with E-state index in [0.29, 0.717) is 24.3 Å². The molecule has 0 spiro atoms. The molecule has 0 aliphatic carbocycles. The zero-order valence-electron chi connectivity index (χ0n) is 12.0. The fourth-order valence-corrected chi connectivity index (χ4v) is 5.51. The molecule has 5 nitrogen and oxygen atoms in total. The number of aliphatic hydroxyl groups is 1. The van der Waals surface area contributed by atoms with Crippen LogP contribution < -0.4 is 5.73 Å². The first-order valence-corrected chi connectivity index (χ1v) is 8.97. The molecule has 2 saturated heterocycles. The second-order valence-electron chi connectivity index (χ2n) is 6.03. The highest BCUT2D eigenvalue weighted by Crippen LogP contribution is 2.39. The van der Waals surface area contributed by atoms with E-state index in [2.05, 4.69) is 0 Å². The van der Waals surface area contributed by atoms with Crippen molar-refractivity contribution in [1.29, 1.82) is 0 Å². The molecule has 3 N–H and O–H groups in total. The van der Waals surface area contributed by atoms with Gasteiger partial charge in [0, 0.05) is 12.1 Å². The number of nitrogens with two attached hydrogens (primary N) is 1. The number of fused-ring (bicyclic) bond motifs is 2. The van der Waals surface area contributed by atoms with E-state index in [1.54, 1.807) is 16.4 Å². The topological polar surface area (TPSA) is 83.6 Å². The number of hydrogen-bond acceptors (Lipinski definition) is 4. The summed E-state index contributed by atoms with van der Waals surface area (Å²) in [7, 11) is -3.46. The molecule has 0 amide bonds. The minimum atomic E-state index is -3.46. The van der Waals surface area contributed by atoms with Gasteiger partial charge in [0.1, 0.15) is 0 Å². The van der Waals surface area contributed by atoms with E-state index >= 15 is 0 Å². The molecule has 0 radical (unpaired) electrons. The second-order valence-corrected chi connectivity index (χ2v) is 7.87. The van der Waals surface area contributed by atoms with Crippen LogP contribution in [0.3, 0.4) is 0 Å². The lowest BCUT2D eigenvalue weighted by atomic mass is 10.0. The fraction of sp³-hybridized carbons (Fsp3) is 0.600. The van der Waals surface area contributed by atoms with Crippen LogP contribution in [0.4, 0.5) is 0 Å². The third kappa shape index (κ3) is 2.73. The van der Waals surface area contributed by atoms with Gasteiger partial charge in [0.25, 0.3) is 0 Å². The number of rotatable bonds is 4. The van der Waals surface area contributed by atoms with Crippen molar-refractivity contribution >= 4 is 10.0 Å². The number of nitrogens with zero attached hydrogens (tertiary/aromatic N) is 1. The Bertz CT molecular complexity index is 586. The van der Waals surface area contributed by atoms with Crippen LogP contribution in [0.15, 0.2) is 29.2 Å². The van der Waals surface area contributed by atoms with E-state index in [1.807, 2.05) is 12.1 Å². The normalized spacial score (nSPS) is 29.7. The maximum absolute atomic E-state index is 12.8. The van der Waals surface area contributed by atoms with Gasteiger partial charge >= 0.3 is 0 Å². The van der Waals surface area contributed by atoms with Crippen LogP contribution in [-0.4, -0.2) is 42.6 Å². The summed E-state index contributed by atoms with van der Waals surface area (Å²) in [5.74, 6) is 0. The maximum atomic E-state index is 12.8. The zero-order chi connectivity index (χ0) is 15.0. The van der Waals surface area contributed by atoms with E-state index in [-0.39, 0.29) is 18.2 Å². The first kappa shape index (κ1) is 15.0. The standard InChI is InChI=1S/C15H22N2O3S/c16-8-7-11-1-5-15(6-2-11)21(19,20)17-12-3-4-13(17)10-14(18)9-12/h1-2,5-6,12-14,18H,3-4,7-10,16H2. The minimum absolute atomic E-state index is 0.0486. The molecule has 2 unspecified atom stereocenters. The molecule has 2 atom stereocenters. The average molecular weight is 310 g/mol. The Balaban J connectivity index is 1.87. The van der Waals surface area contributed by atoms with Gasteiger partial charge in [-0.3, -0.25) is 0 Å². The molecule has 2 aliphatic heterocycles. The van der Waals surface area contributed by atoms with Crippen molar-refractivity contribution in [3.05, 3.63) is 29.8 Å². The van der Waals surface area contributed by atoms with Gasteiger partial charge in [-0.2, -0.15) is 4.31 Å². The Labute approximate surface area is 125 Å². The SMILES string of the molecule is NCCc1ccc(S(=O)(=O)N2C3CCC2CC(O)C3)cc1. The van der Waals surface area contributed by atoms with Crippen molar-refractivity contribution in [2.75, 3.05) is 6.54 Å². The van der Waals surface area contributed by atoms with Crippen LogP contribution in [0.2, 0.25) is 0 Å². The molecular formula is C15H22N2O3S. The number of aliphatic hydroxyl groups excluding tert-OH is 1. The first-order chi connectivity index (χ1) is 10.0. The molecule has 21 heavy (non-hydrogen) atoms. The average Bonchev–Trinajstić information content (AvgIpc) is 2.73. The van der Waals surface area contributed by atoms with Crippen molar-refractivity contribution < 1.29 is 13.5 Å². The van der Waals surface area contributed by atoms with Crippen LogP contribution in [0.25, 0.3) is 0 Å². The highest BCUT2D eigenvalue weighted by molar-refractivity contribution is 7.89. The Morgan fingerprint density at radius 3 is 2.24 bits per heavy atom. The van der Waals surface area contributed by atoms with Crippen molar-refractivity contribution in [1.82, 2.24) is 4.31 Å². The van der Waals surface area contributed by atoms with E-state index in [4.69, 9.17) is 5.73 Å². The van der Waals surface area contributed by atoms with Gasteiger partial charge in [-0.05, 0) is 56.3 Å².